The average molecular weight is 543 g/mol. The zero-order chi connectivity index (χ0) is 21.4. The van der Waals surface area contributed by atoms with E-state index in [1.165, 1.54) is 12.1 Å². The summed E-state index contributed by atoms with van der Waals surface area (Å²) in [4.78, 5) is 11.0. The Balaban J connectivity index is 0.00000341. The van der Waals surface area contributed by atoms with Crippen molar-refractivity contribution < 1.29 is 13.9 Å². The molecule has 0 atom stereocenters. The fourth-order valence-corrected chi connectivity index (χ4v) is 3.27. The number of guanidine groups is 1. The van der Waals surface area contributed by atoms with Gasteiger partial charge >= 0.3 is 0 Å². The monoisotopic (exact) mass is 543 g/mol. The van der Waals surface area contributed by atoms with Crippen molar-refractivity contribution in [3.8, 4) is 11.6 Å². The van der Waals surface area contributed by atoms with Gasteiger partial charge in [-0.1, -0.05) is 12.1 Å². The third-order valence-electron chi connectivity index (χ3n) is 5.09. The SMILES string of the molecule is CN=C(NCc1cccnc1Oc1cccc(F)c1)NCC(C)(C)N1CCOCC1.I. The van der Waals surface area contributed by atoms with Gasteiger partial charge in [0, 0.05) is 56.6 Å². The summed E-state index contributed by atoms with van der Waals surface area (Å²) >= 11 is 0. The molecule has 7 nitrogen and oxygen atoms in total. The zero-order valence-electron chi connectivity index (χ0n) is 18.2. The normalized spacial score (nSPS) is 15.2. The molecule has 1 aliphatic rings. The van der Waals surface area contributed by atoms with E-state index < -0.39 is 0 Å². The molecule has 170 valence electrons. The Kier molecular flexibility index (Phi) is 9.92. The van der Waals surface area contributed by atoms with Crippen LogP contribution >= 0.6 is 24.0 Å². The zero-order valence-corrected chi connectivity index (χ0v) is 20.6. The van der Waals surface area contributed by atoms with Crippen molar-refractivity contribution in [2.45, 2.75) is 25.9 Å². The quantitative estimate of drug-likeness (QED) is 0.317. The third kappa shape index (κ3) is 7.58. The maximum Gasteiger partial charge on any atom is 0.224 e. The van der Waals surface area contributed by atoms with E-state index in [0.717, 1.165) is 38.4 Å². The molecule has 0 radical (unpaired) electrons. The van der Waals surface area contributed by atoms with Gasteiger partial charge in [-0.05, 0) is 32.0 Å². The van der Waals surface area contributed by atoms with Crippen LogP contribution in [0.1, 0.15) is 19.4 Å². The Morgan fingerprint density at radius 2 is 2.00 bits per heavy atom. The van der Waals surface area contributed by atoms with E-state index >= 15 is 0 Å². The molecular weight excluding hydrogens is 512 g/mol. The lowest BCUT2D eigenvalue weighted by atomic mass is 10.0. The van der Waals surface area contributed by atoms with E-state index in [2.05, 4.69) is 39.4 Å². The van der Waals surface area contributed by atoms with Gasteiger partial charge in [0.05, 0.1) is 13.2 Å². The lowest BCUT2D eigenvalue weighted by molar-refractivity contribution is -0.00834. The van der Waals surface area contributed by atoms with Crippen molar-refractivity contribution in [1.29, 1.82) is 0 Å². The number of nitrogens with zero attached hydrogens (tertiary/aromatic N) is 3. The summed E-state index contributed by atoms with van der Waals surface area (Å²) in [6, 6.07) is 9.77. The molecule has 2 heterocycles. The number of hydrogen-bond acceptors (Lipinski definition) is 5. The van der Waals surface area contributed by atoms with E-state index in [-0.39, 0.29) is 35.3 Å². The van der Waals surface area contributed by atoms with Crippen molar-refractivity contribution in [2.24, 2.45) is 4.99 Å². The highest BCUT2D eigenvalue weighted by molar-refractivity contribution is 14.0. The maximum absolute atomic E-state index is 13.4. The summed E-state index contributed by atoms with van der Waals surface area (Å²) in [5, 5.41) is 6.70. The van der Waals surface area contributed by atoms with Gasteiger partial charge in [-0.3, -0.25) is 9.89 Å². The molecule has 0 aliphatic carbocycles. The van der Waals surface area contributed by atoms with E-state index in [1.54, 1.807) is 25.4 Å². The first kappa shape index (κ1) is 25.3. The average Bonchev–Trinajstić information content (AvgIpc) is 2.75. The number of hydrogen-bond donors (Lipinski definition) is 2. The van der Waals surface area contributed by atoms with Crippen molar-refractivity contribution in [3.05, 3.63) is 54.0 Å². The van der Waals surface area contributed by atoms with Gasteiger partial charge in [0.25, 0.3) is 0 Å². The molecule has 1 aromatic carbocycles. The first-order valence-corrected chi connectivity index (χ1v) is 10.1. The third-order valence-corrected chi connectivity index (χ3v) is 5.09. The van der Waals surface area contributed by atoms with Gasteiger partial charge in [-0.25, -0.2) is 9.37 Å². The van der Waals surface area contributed by atoms with Crippen molar-refractivity contribution in [1.82, 2.24) is 20.5 Å². The van der Waals surface area contributed by atoms with E-state index in [1.807, 2.05) is 12.1 Å². The van der Waals surface area contributed by atoms with Crippen LogP contribution in [0.25, 0.3) is 0 Å². The Labute approximate surface area is 200 Å². The highest BCUT2D eigenvalue weighted by atomic mass is 127. The summed E-state index contributed by atoms with van der Waals surface area (Å²) in [5.74, 6) is 1.18. The van der Waals surface area contributed by atoms with Crippen LogP contribution in [0.5, 0.6) is 11.6 Å². The minimum absolute atomic E-state index is 0. The maximum atomic E-state index is 13.4. The lowest BCUT2D eigenvalue weighted by Gasteiger charge is -2.41. The van der Waals surface area contributed by atoms with E-state index in [9.17, 15) is 4.39 Å². The second kappa shape index (κ2) is 12.2. The molecule has 0 spiro atoms. The van der Waals surface area contributed by atoms with Crippen LogP contribution in [0, 0.1) is 5.82 Å². The first-order valence-electron chi connectivity index (χ1n) is 10.1. The summed E-state index contributed by atoms with van der Waals surface area (Å²) in [5.41, 5.74) is 0.818. The molecule has 2 N–H and O–H groups in total. The number of aliphatic imine (C=N–C) groups is 1. The fraction of sp³-hybridized carbons (Fsp3) is 0.455. The van der Waals surface area contributed by atoms with Gasteiger partial charge in [-0.2, -0.15) is 0 Å². The predicted octanol–water partition coefficient (Wildman–Crippen LogP) is 3.41. The van der Waals surface area contributed by atoms with Crippen molar-refractivity contribution >= 4 is 29.9 Å². The highest BCUT2D eigenvalue weighted by Gasteiger charge is 2.28. The molecule has 0 unspecified atom stereocenters. The van der Waals surface area contributed by atoms with E-state index in [4.69, 9.17) is 9.47 Å². The number of rotatable bonds is 7. The molecule has 1 saturated heterocycles. The summed E-state index contributed by atoms with van der Waals surface area (Å²) in [7, 11) is 1.74. The molecule has 9 heteroatoms. The molecule has 1 aromatic heterocycles. The van der Waals surface area contributed by atoms with Crippen LogP contribution in [-0.2, 0) is 11.3 Å². The Bertz CT molecular complexity index is 859. The number of pyridine rings is 1. The number of ether oxygens (including phenoxy) is 2. The number of nitrogens with one attached hydrogen (secondary N) is 2. The number of morpholine rings is 1. The molecule has 1 fully saturated rings. The highest BCUT2D eigenvalue weighted by Crippen LogP contribution is 2.23. The molecule has 1 aliphatic heterocycles. The van der Waals surface area contributed by atoms with Crippen molar-refractivity contribution in [2.75, 3.05) is 39.9 Å². The lowest BCUT2D eigenvalue weighted by Crippen LogP contribution is -2.56. The molecule has 0 saturated carbocycles. The van der Waals surface area contributed by atoms with Crippen LogP contribution in [0.4, 0.5) is 4.39 Å². The Morgan fingerprint density at radius 1 is 1.23 bits per heavy atom. The first-order chi connectivity index (χ1) is 14.5. The van der Waals surface area contributed by atoms with E-state index in [0.29, 0.717) is 24.1 Å². The van der Waals surface area contributed by atoms with Gasteiger partial charge in [-0.15, -0.1) is 24.0 Å². The van der Waals surface area contributed by atoms with Crippen LogP contribution in [-0.4, -0.2) is 61.3 Å². The summed E-state index contributed by atoms with van der Waals surface area (Å²) in [6.07, 6.45) is 1.65. The molecule has 0 amide bonds. The molecule has 31 heavy (non-hydrogen) atoms. The van der Waals surface area contributed by atoms with Gasteiger partial charge in [0.2, 0.25) is 5.88 Å². The van der Waals surface area contributed by atoms with Crippen LogP contribution in [0.15, 0.2) is 47.6 Å². The Morgan fingerprint density at radius 3 is 2.71 bits per heavy atom. The topological polar surface area (TPSA) is 71.0 Å². The largest absolute Gasteiger partial charge is 0.439 e. The Hall–Kier alpha value is -1.98. The molecule has 0 bridgehead atoms. The number of halogens is 2. The summed E-state index contributed by atoms with van der Waals surface area (Å²) < 4.78 is 24.7. The molecule has 3 rings (SSSR count). The minimum atomic E-state index is -0.351. The summed E-state index contributed by atoms with van der Waals surface area (Å²) in [6.45, 7) is 9.03. The van der Waals surface area contributed by atoms with Gasteiger partial charge in [0.15, 0.2) is 5.96 Å². The predicted molar refractivity (Wildman–Crippen MR) is 131 cm³/mol. The smallest absolute Gasteiger partial charge is 0.224 e. The van der Waals surface area contributed by atoms with Crippen LogP contribution < -0.4 is 15.4 Å². The van der Waals surface area contributed by atoms with Gasteiger partial charge < -0.3 is 20.1 Å². The van der Waals surface area contributed by atoms with Crippen LogP contribution in [0.2, 0.25) is 0 Å². The second-order valence-electron chi connectivity index (χ2n) is 7.72. The second-order valence-corrected chi connectivity index (χ2v) is 7.72. The standard InChI is InChI=1S/C22H30FN5O2.HI/c1-22(2,28-10-12-29-13-11-28)16-27-21(24-3)26-15-17-6-5-9-25-20(17)30-19-8-4-7-18(23)14-19;/h4-9,14H,10-13,15-16H2,1-3H3,(H2,24,26,27);1H. The fourth-order valence-electron chi connectivity index (χ4n) is 3.27. The van der Waals surface area contributed by atoms with Gasteiger partial charge in [0.1, 0.15) is 11.6 Å². The number of aromatic nitrogens is 1. The molecule has 2 aromatic rings. The minimum Gasteiger partial charge on any atom is -0.439 e. The van der Waals surface area contributed by atoms with Crippen LogP contribution in [0.3, 0.4) is 0 Å². The van der Waals surface area contributed by atoms with Crippen molar-refractivity contribution in [3.63, 3.8) is 0 Å². The number of benzene rings is 1. The molecular formula is C22H31FIN5O2.